The Bertz CT molecular complexity index is 622. The molecule has 126 valence electrons. The van der Waals surface area contributed by atoms with E-state index in [9.17, 15) is 8.42 Å². The molecular formula is C17H24N2O3S. The number of hydrogen-bond donors (Lipinski definition) is 0. The first-order valence-corrected chi connectivity index (χ1v) is 9.79. The van der Waals surface area contributed by atoms with E-state index >= 15 is 0 Å². The topological polar surface area (TPSA) is 49.9 Å². The number of piperazine rings is 1. The SMILES string of the molecule is O=S(=O)(Cc1ccccc1)N1CCN(C[C@H]2CCC=CO2)CC1. The smallest absolute Gasteiger partial charge is 0.218 e. The van der Waals surface area contributed by atoms with Crippen molar-refractivity contribution >= 4 is 10.0 Å². The number of ether oxygens (including phenoxy) is 1. The normalized spacial score (nSPS) is 23.6. The zero-order chi connectivity index (χ0) is 16.1. The summed E-state index contributed by atoms with van der Waals surface area (Å²) in [5.41, 5.74) is 0.845. The van der Waals surface area contributed by atoms with Crippen LogP contribution in [-0.2, 0) is 20.5 Å². The second kappa shape index (κ2) is 7.47. The molecule has 5 nitrogen and oxygen atoms in total. The lowest BCUT2D eigenvalue weighted by Gasteiger charge is -2.36. The zero-order valence-corrected chi connectivity index (χ0v) is 14.1. The molecule has 0 amide bonds. The molecule has 0 saturated carbocycles. The highest BCUT2D eigenvalue weighted by Crippen LogP contribution is 2.16. The maximum absolute atomic E-state index is 12.5. The monoisotopic (exact) mass is 336 g/mol. The first kappa shape index (κ1) is 16.5. The molecule has 1 aromatic carbocycles. The Balaban J connectivity index is 1.50. The highest BCUT2D eigenvalue weighted by Gasteiger charge is 2.28. The Kier molecular flexibility index (Phi) is 5.35. The molecular weight excluding hydrogens is 312 g/mol. The van der Waals surface area contributed by atoms with Gasteiger partial charge in [-0.2, -0.15) is 4.31 Å². The molecule has 2 aliphatic heterocycles. The third kappa shape index (κ3) is 4.56. The van der Waals surface area contributed by atoms with Crippen LogP contribution >= 0.6 is 0 Å². The predicted octanol–water partition coefficient (Wildman–Crippen LogP) is 1.83. The van der Waals surface area contributed by atoms with Gasteiger partial charge in [0, 0.05) is 32.7 Å². The van der Waals surface area contributed by atoms with Gasteiger partial charge in [-0.3, -0.25) is 4.90 Å². The molecule has 1 fully saturated rings. The van der Waals surface area contributed by atoms with Crippen molar-refractivity contribution in [1.29, 1.82) is 0 Å². The molecule has 0 bridgehead atoms. The Morgan fingerprint density at radius 3 is 2.48 bits per heavy atom. The molecule has 1 aromatic rings. The van der Waals surface area contributed by atoms with Gasteiger partial charge in [0.25, 0.3) is 0 Å². The van der Waals surface area contributed by atoms with E-state index in [0.717, 1.165) is 38.0 Å². The minimum atomic E-state index is -3.23. The molecule has 0 spiro atoms. The second-order valence-corrected chi connectivity index (χ2v) is 8.12. The number of sulfonamides is 1. The summed E-state index contributed by atoms with van der Waals surface area (Å²) in [5.74, 6) is 0.0877. The van der Waals surface area contributed by atoms with Crippen LogP contribution in [0, 0.1) is 0 Å². The average molecular weight is 336 g/mol. The van der Waals surface area contributed by atoms with Crippen LogP contribution in [0.3, 0.4) is 0 Å². The summed E-state index contributed by atoms with van der Waals surface area (Å²) >= 11 is 0. The largest absolute Gasteiger partial charge is 0.497 e. The van der Waals surface area contributed by atoms with Gasteiger partial charge >= 0.3 is 0 Å². The molecule has 0 N–H and O–H groups in total. The summed E-state index contributed by atoms with van der Waals surface area (Å²) in [6.07, 6.45) is 6.19. The Morgan fingerprint density at radius 1 is 1.09 bits per heavy atom. The van der Waals surface area contributed by atoms with Crippen molar-refractivity contribution in [2.75, 3.05) is 32.7 Å². The Labute approximate surface area is 138 Å². The summed E-state index contributed by atoms with van der Waals surface area (Å²) in [6.45, 7) is 3.57. The van der Waals surface area contributed by atoms with Crippen molar-refractivity contribution < 1.29 is 13.2 Å². The third-order valence-electron chi connectivity index (χ3n) is 4.40. The molecule has 2 aliphatic rings. The molecule has 6 heteroatoms. The lowest BCUT2D eigenvalue weighted by Crippen LogP contribution is -2.50. The van der Waals surface area contributed by atoms with E-state index in [1.807, 2.05) is 36.4 Å². The number of rotatable bonds is 5. The maximum atomic E-state index is 12.5. The van der Waals surface area contributed by atoms with Crippen LogP contribution in [0.25, 0.3) is 0 Å². The molecule has 3 rings (SSSR count). The highest BCUT2D eigenvalue weighted by molar-refractivity contribution is 7.88. The summed E-state index contributed by atoms with van der Waals surface area (Å²) in [7, 11) is -3.23. The Morgan fingerprint density at radius 2 is 1.83 bits per heavy atom. The maximum Gasteiger partial charge on any atom is 0.218 e. The third-order valence-corrected chi connectivity index (χ3v) is 6.25. The van der Waals surface area contributed by atoms with E-state index in [2.05, 4.69) is 4.90 Å². The molecule has 1 saturated heterocycles. The van der Waals surface area contributed by atoms with E-state index in [0.29, 0.717) is 13.1 Å². The molecule has 23 heavy (non-hydrogen) atoms. The van der Waals surface area contributed by atoms with E-state index < -0.39 is 10.0 Å². The van der Waals surface area contributed by atoms with Gasteiger partial charge in [0.2, 0.25) is 10.0 Å². The highest BCUT2D eigenvalue weighted by atomic mass is 32.2. The quantitative estimate of drug-likeness (QED) is 0.823. The molecule has 2 heterocycles. The molecule has 0 aromatic heterocycles. The fraction of sp³-hybridized carbons (Fsp3) is 0.529. The van der Waals surface area contributed by atoms with Crippen LogP contribution in [0.4, 0.5) is 0 Å². The van der Waals surface area contributed by atoms with Gasteiger partial charge in [-0.25, -0.2) is 8.42 Å². The van der Waals surface area contributed by atoms with Gasteiger partial charge in [0.05, 0.1) is 12.0 Å². The van der Waals surface area contributed by atoms with Crippen molar-refractivity contribution in [2.24, 2.45) is 0 Å². The summed E-state index contributed by atoms with van der Waals surface area (Å²) in [4.78, 5) is 2.30. The van der Waals surface area contributed by atoms with Gasteiger partial charge < -0.3 is 4.74 Å². The zero-order valence-electron chi connectivity index (χ0n) is 13.3. The van der Waals surface area contributed by atoms with E-state index in [1.54, 1.807) is 10.6 Å². The molecule has 0 radical (unpaired) electrons. The van der Waals surface area contributed by atoms with E-state index in [4.69, 9.17) is 4.74 Å². The van der Waals surface area contributed by atoms with Crippen LogP contribution in [-0.4, -0.2) is 56.5 Å². The minimum Gasteiger partial charge on any atom is -0.497 e. The van der Waals surface area contributed by atoms with Crippen molar-refractivity contribution in [1.82, 2.24) is 9.21 Å². The fourth-order valence-corrected chi connectivity index (χ4v) is 4.59. The number of benzene rings is 1. The molecule has 0 aliphatic carbocycles. The van der Waals surface area contributed by atoms with Crippen LogP contribution in [0.1, 0.15) is 18.4 Å². The number of nitrogens with zero attached hydrogens (tertiary/aromatic N) is 2. The van der Waals surface area contributed by atoms with Crippen molar-refractivity contribution in [2.45, 2.75) is 24.7 Å². The molecule has 0 unspecified atom stereocenters. The lowest BCUT2D eigenvalue weighted by atomic mass is 10.1. The van der Waals surface area contributed by atoms with Crippen molar-refractivity contribution in [3.63, 3.8) is 0 Å². The van der Waals surface area contributed by atoms with Gasteiger partial charge in [-0.05, 0) is 24.5 Å². The fourth-order valence-electron chi connectivity index (χ4n) is 3.07. The van der Waals surface area contributed by atoms with Crippen molar-refractivity contribution in [3.8, 4) is 0 Å². The van der Waals surface area contributed by atoms with Gasteiger partial charge in [0.15, 0.2) is 0 Å². The van der Waals surface area contributed by atoms with Gasteiger partial charge in [-0.1, -0.05) is 30.3 Å². The van der Waals surface area contributed by atoms with Crippen LogP contribution in [0.5, 0.6) is 0 Å². The van der Waals surface area contributed by atoms with Crippen LogP contribution < -0.4 is 0 Å². The minimum absolute atomic E-state index is 0.0877. The second-order valence-electron chi connectivity index (χ2n) is 6.15. The van der Waals surface area contributed by atoms with Gasteiger partial charge in [0.1, 0.15) is 6.10 Å². The molecule has 1 atom stereocenters. The standard InChI is InChI=1S/C17H24N2O3S/c20-23(21,15-16-6-2-1-3-7-16)19-11-9-18(10-12-19)14-17-8-4-5-13-22-17/h1-3,5-7,13,17H,4,8-12,14-15H2/t17-/m1/s1. The number of hydrogen-bond acceptors (Lipinski definition) is 4. The van der Waals surface area contributed by atoms with E-state index in [-0.39, 0.29) is 11.9 Å². The summed E-state index contributed by atoms with van der Waals surface area (Å²) < 4.78 is 32.3. The first-order valence-electron chi connectivity index (χ1n) is 8.18. The lowest BCUT2D eigenvalue weighted by molar-refractivity contribution is 0.0656. The first-order chi connectivity index (χ1) is 11.1. The average Bonchev–Trinajstić information content (AvgIpc) is 2.57. The van der Waals surface area contributed by atoms with Crippen molar-refractivity contribution in [3.05, 3.63) is 48.2 Å². The predicted molar refractivity (Wildman–Crippen MR) is 90.3 cm³/mol. The number of allylic oxidation sites excluding steroid dienone is 1. The summed E-state index contributed by atoms with van der Waals surface area (Å²) in [5, 5.41) is 0. The van der Waals surface area contributed by atoms with E-state index in [1.165, 1.54) is 0 Å². The Hall–Kier alpha value is -1.37. The van der Waals surface area contributed by atoms with Crippen LogP contribution in [0.15, 0.2) is 42.7 Å². The summed E-state index contributed by atoms with van der Waals surface area (Å²) in [6, 6.07) is 9.38. The van der Waals surface area contributed by atoms with Gasteiger partial charge in [-0.15, -0.1) is 0 Å². The van der Waals surface area contributed by atoms with Crippen LogP contribution in [0.2, 0.25) is 0 Å².